The molecule has 1 aromatic heterocycles. The molecule has 0 saturated carbocycles. The number of hydrogen-bond acceptors (Lipinski definition) is 4. The minimum Gasteiger partial charge on any atom is -0.484 e. The van der Waals surface area contributed by atoms with Crippen LogP contribution >= 0.6 is 0 Å². The van der Waals surface area contributed by atoms with Crippen molar-refractivity contribution in [3.8, 4) is 5.75 Å². The first kappa shape index (κ1) is 12.9. The monoisotopic (exact) mass is 257 g/mol. The number of nitrogens with zero attached hydrogens (tertiary/aromatic N) is 1. The van der Waals surface area contributed by atoms with Crippen LogP contribution in [0.3, 0.4) is 0 Å². The van der Waals surface area contributed by atoms with Crippen molar-refractivity contribution in [2.24, 2.45) is 0 Å². The average molecular weight is 257 g/mol. The molecule has 1 heterocycles. The van der Waals surface area contributed by atoms with Gasteiger partial charge in [0.2, 0.25) is 0 Å². The van der Waals surface area contributed by atoms with Crippen molar-refractivity contribution in [2.75, 3.05) is 17.7 Å². The smallest absolute Gasteiger partial charge is 0.262 e. The van der Waals surface area contributed by atoms with Gasteiger partial charge in [0.1, 0.15) is 5.75 Å². The van der Waals surface area contributed by atoms with Gasteiger partial charge in [-0.05, 0) is 30.7 Å². The van der Waals surface area contributed by atoms with Gasteiger partial charge >= 0.3 is 0 Å². The van der Waals surface area contributed by atoms with Gasteiger partial charge in [-0.3, -0.25) is 9.78 Å². The molecule has 0 saturated heterocycles. The second-order valence-electron chi connectivity index (χ2n) is 4.16. The maximum Gasteiger partial charge on any atom is 0.262 e. The minimum absolute atomic E-state index is 0.0720. The van der Waals surface area contributed by atoms with Gasteiger partial charge in [-0.15, -0.1) is 0 Å². The summed E-state index contributed by atoms with van der Waals surface area (Å²) >= 11 is 0. The van der Waals surface area contributed by atoms with E-state index in [0.29, 0.717) is 17.1 Å². The Morgan fingerprint density at radius 2 is 2.21 bits per heavy atom. The van der Waals surface area contributed by atoms with Crippen molar-refractivity contribution in [3.63, 3.8) is 0 Å². The fourth-order valence-corrected chi connectivity index (χ4v) is 1.57. The Balaban J connectivity index is 1.88. The Kier molecular flexibility index (Phi) is 3.97. The van der Waals surface area contributed by atoms with Crippen molar-refractivity contribution < 1.29 is 9.53 Å². The second-order valence-corrected chi connectivity index (χ2v) is 4.16. The third kappa shape index (κ3) is 3.99. The van der Waals surface area contributed by atoms with E-state index in [2.05, 4.69) is 10.3 Å². The number of carbonyl (C=O) groups excluding carboxylic acids is 1. The van der Waals surface area contributed by atoms with E-state index in [-0.39, 0.29) is 12.5 Å². The maximum absolute atomic E-state index is 11.7. The number of nitrogens with two attached hydrogens (primary N) is 1. The number of hydrogen-bond donors (Lipinski definition) is 2. The lowest BCUT2D eigenvalue weighted by atomic mass is 10.3. The number of aryl methyl sites for hydroxylation is 1. The van der Waals surface area contributed by atoms with Gasteiger partial charge in [0.05, 0.1) is 11.9 Å². The molecule has 2 rings (SSSR count). The number of amides is 1. The highest BCUT2D eigenvalue weighted by molar-refractivity contribution is 5.91. The van der Waals surface area contributed by atoms with Gasteiger partial charge in [0.25, 0.3) is 5.91 Å². The summed E-state index contributed by atoms with van der Waals surface area (Å²) in [4.78, 5) is 15.7. The summed E-state index contributed by atoms with van der Waals surface area (Å²) in [7, 11) is 0. The molecule has 0 aliphatic rings. The number of carbonyl (C=O) groups is 1. The first-order chi connectivity index (χ1) is 9.13. The molecule has 5 nitrogen and oxygen atoms in total. The number of aromatic nitrogens is 1. The fourth-order valence-electron chi connectivity index (χ4n) is 1.57. The molecule has 0 atom stereocenters. The third-order valence-electron chi connectivity index (χ3n) is 2.39. The quantitative estimate of drug-likeness (QED) is 0.821. The van der Waals surface area contributed by atoms with Crippen molar-refractivity contribution in [1.29, 1.82) is 0 Å². The van der Waals surface area contributed by atoms with Crippen LogP contribution < -0.4 is 15.8 Å². The molecule has 2 aromatic rings. The van der Waals surface area contributed by atoms with Crippen LogP contribution in [0.1, 0.15) is 5.56 Å². The van der Waals surface area contributed by atoms with Crippen LogP contribution in [0.5, 0.6) is 5.75 Å². The number of nitrogens with one attached hydrogen (secondary N) is 1. The largest absolute Gasteiger partial charge is 0.484 e. The molecule has 0 aliphatic heterocycles. The van der Waals surface area contributed by atoms with Crippen molar-refractivity contribution in [3.05, 3.63) is 48.3 Å². The lowest BCUT2D eigenvalue weighted by Gasteiger charge is -2.08. The summed E-state index contributed by atoms with van der Waals surface area (Å²) in [5.41, 5.74) is 7.85. The fraction of sp³-hybridized carbons (Fsp3) is 0.143. The van der Waals surface area contributed by atoms with Crippen molar-refractivity contribution in [2.45, 2.75) is 6.92 Å². The maximum atomic E-state index is 11.7. The number of rotatable bonds is 4. The van der Waals surface area contributed by atoms with Gasteiger partial charge in [0, 0.05) is 18.0 Å². The molecule has 1 amide bonds. The van der Waals surface area contributed by atoms with E-state index in [9.17, 15) is 4.79 Å². The molecule has 0 bridgehead atoms. The van der Waals surface area contributed by atoms with E-state index in [1.807, 2.05) is 13.0 Å². The van der Waals surface area contributed by atoms with Gasteiger partial charge in [-0.25, -0.2) is 0 Å². The van der Waals surface area contributed by atoms with E-state index in [0.717, 1.165) is 5.56 Å². The number of pyridine rings is 1. The Hall–Kier alpha value is -2.56. The molecule has 0 aliphatic carbocycles. The van der Waals surface area contributed by atoms with Crippen LogP contribution in [0.4, 0.5) is 11.4 Å². The highest BCUT2D eigenvalue weighted by atomic mass is 16.5. The molecule has 1 aromatic carbocycles. The van der Waals surface area contributed by atoms with E-state index < -0.39 is 0 Å². The lowest BCUT2D eigenvalue weighted by Crippen LogP contribution is -2.20. The number of anilines is 2. The van der Waals surface area contributed by atoms with Crippen LogP contribution in [-0.2, 0) is 4.79 Å². The molecule has 19 heavy (non-hydrogen) atoms. The number of benzene rings is 1. The minimum atomic E-state index is -0.241. The van der Waals surface area contributed by atoms with Crippen molar-refractivity contribution in [1.82, 2.24) is 4.98 Å². The Bertz CT molecular complexity index is 584. The zero-order valence-corrected chi connectivity index (χ0v) is 10.6. The highest BCUT2D eigenvalue weighted by Gasteiger charge is 2.04. The zero-order chi connectivity index (χ0) is 13.7. The molecule has 0 radical (unpaired) electrons. The summed E-state index contributed by atoms with van der Waals surface area (Å²) in [6.07, 6.45) is 3.31. The number of ether oxygens (including phenoxy) is 1. The molecule has 3 N–H and O–H groups in total. The molecular formula is C14H15N3O2. The molecule has 0 unspecified atom stereocenters. The number of nitrogen functional groups attached to an aromatic ring is 1. The molecule has 0 fully saturated rings. The second kappa shape index (κ2) is 5.86. The first-order valence-corrected chi connectivity index (χ1v) is 5.83. The standard InChI is InChI=1S/C14H15N3O2/c1-10-5-12(8-16-7-10)17-14(18)9-19-13-4-2-3-11(15)6-13/h2-8H,9,15H2,1H3,(H,17,18). The lowest BCUT2D eigenvalue weighted by molar-refractivity contribution is -0.118. The first-order valence-electron chi connectivity index (χ1n) is 5.83. The van der Waals surface area contributed by atoms with Crippen LogP contribution in [-0.4, -0.2) is 17.5 Å². The molecular weight excluding hydrogens is 242 g/mol. The summed E-state index contributed by atoms with van der Waals surface area (Å²) in [6.45, 7) is 1.84. The van der Waals surface area contributed by atoms with Gasteiger partial charge in [-0.1, -0.05) is 6.07 Å². The Labute approximate surface area is 111 Å². The van der Waals surface area contributed by atoms with Crippen LogP contribution in [0, 0.1) is 6.92 Å². The summed E-state index contributed by atoms with van der Waals surface area (Å²) in [5.74, 6) is 0.326. The van der Waals surface area contributed by atoms with Crippen LogP contribution in [0.2, 0.25) is 0 Å². The van der Waals surface area contributed by atoms with E-state index in [4.69, 9.17) is 10.5 Å². The summed E-state index contributed by atoms with van der Waals surface area (Å²) in [5, 5.41) is 2.71. The summed E-state index contributed by atoms with van der Waals surface area (Å²) < 4.78 is 5.34. The van der Waals surface area contributed by atoms with Crippen molar-refractivity contribution >= 4 is 17.3 Å². The molecule has 5 heteroatoms. The van der Waals surface area contributed by atoms with E-state index >= 15 is 0 Å². The summed E-state index contributed by atoms with van der Waals surface area (Å²) in [6, 6.07) is 8.78. The Morgan fingerprint density at radius 1 is 1.37 bits per heavy atom. The van der Waals surface area contributed by atoms with Crippen LogP contribution in [0.25, 0.3) is 0 Å². The molecule has 0 spiro atoms. The predicted octanol–water partition coefficient (Wildman–Crippen LogP) is 1.99. The van der Waals surface area contributed by atoms with Gasteiger partial charge in [0.15, 0.2) is 6.61 Å². The van der Waals surface area contributed by atoms with E-state index in [1.165, 1.54) is 0 Å². The highest BCUT2D eigenvalue weighted by Crippen LogP contribution is 2.14. The predicted molar refractivity (Wildman–Crippen MR) is 74.0 cm³/mol. The van der Waals surface area contributed by atoms with E-state index in [1.54, 1.807) is 36.7 Å². The normalized spacial score (nSPS) is 9.95. The topological polar surface area (TPSA) is 77.2 Å². The average Bonchev–Trinajstić information content (AvgIpc) is 2.36. The van der Waals surface area contributed by atoms with Gasteiger partial charge in [-0.2, -0.15) is 0 Å². The van der Waals surface area contributed by atoms with Crippen LogP contribution in [0.15, 0.2) is 42.7 Å². The third-order valence-corrected chi connectivity index (χ3v) is 2.39. The SMILES string of the molecule is Cc1cncc(NC(=O)COc2cccc(N)c2)c1. The van der Waals surface area contributed by atoms with Gasteiger partial charge < -0.3 is 15.8 Å². The molecule has 98 valence electrons. The Morgan fingerprint density at radius 3 is 2.95 bits per heavy atom. The zero-order valence-electron chi connectivity index (χ0n) is 10.6.